The van der Waals surface area contributed by atoms with Gasteiger partial charge in [0.15, 0.2) is 0 Å². The van der Waals surface area contributed by atoms with Crippen LogP contribution in [0.15, 0.2) is 45.8 Å². The van der Waals surface area contributed by atoms with Gasteiger partial charge in [0.1, 0.15) is 12.0 Å². The highest BCUT2D eigenvalue weighted by Gasteiger charge is 2.25. The van der Waals surface area contributed by atoms with Crippen LogP contribution in [0.25, 0.3) is 21.5 Å². The standard InChI is InChI=1S/C14H6O4/c15-12-5-10-7(6-17-12)4-11-13-8(10)2-1-3-9(13)14(16)18-11/h1-6H. The molecule has 0 amide bonds. The predicted octanol–water partition coefficient (Wildman–Crippen LogP) is 2.48. The molecule has 4 rings (SSSR count). The fraction of sp³-hybridized carbons (Fsp3) is 0. The van der Waals surface area contributed by atoms with Crippen LogP contribution in [0.2, 0.25) is 0 Å². The summed E-state index contributed by atoms with van der Waals surface area (Å²) in [5.41, 5.74) is 0.131. The SMILES string of the molecule is O=C1Oc2cc3coc(=O)cc3c3cccc1c23. The van der Waals surface area contributed by atoms with Gasteiger partial charge in [0.05, 0.1) is 5.56 Å². The number of carbonyl (C=O) groups excluding carboxylic acids is 1. The summed E-state index contributed by atoms with van der Waals surface area (Å²) in [6.45, 7) is 0. The fourth-order valence-corrected chi connectivity index (χ4v) is 2.43. The number of ether oxygens (including phenoxy) is 1. The van der Waals surface area contributed by atoms with Gasteiger partial charge in [-0.15, -0.1) is 0 Å². The Balaban J connectivity index is 2.35. The van der Waals surface area contributed by atoms with Gasteiger partial charge in [-0.2, -0.15) is 0 Å². The minimum Gasteiger partial charge on any atom is -0.431 e. The molecule has 18 heavy (non-hydrogen) atoms. The third-order valence-electron chi connectivity index (χ3n) is 3.19. The second-order valence-electron chi connectivity index (χ2n) is 4.19. The Morgan fingerprint density at radius 3 is 2.78 bits per heavy atom. The van der Waals surface area contributed by atoms with Gasteiger partial charge in [0, 0.05) is 22.2 Å². The molecule has 1 aromatic heterocycles. The molecule has 0 bridgehead atoms. The molecule has 0 radical (unpaired) electrons. The highest BCUT2D eigenvalue weighted by Crippen LogP contribution is 2.39. The van der Waals surface area contributed by atoms with E-state index in [4.69, 9.17) is 9.15 Å². The highest BCUT2D eigenvalue weighted by atomic mass is 16.5. The lowest BCUT2D eigenvalue weighted by molar-refractivity contribution is 0.0754. The predicted molar refractivity (Wildman–Crippen MR) is 64.9 cm³/mol. The van der Waals surface area contributed by atoms with E-state index in [9.17, 15) is 9.59 Å². The molecule has 3 aromatic rings. The molecule has 0 atom stereocenters. The summed E-state index contributed by atoms with van der Waals surface area (Å²) in [5.74, 6) is 0.164. The molecule has 0 unspecified atom stereocenters. The number of rotatable bonds is 0. The summed E-state index contributed by atoms with van der Waals surface area (Å²) in [6, 6.07) is 8.52. The topological polar surface area (TPSA) is 56.5 Å². The van der Waals surface area contributed by atoms with Crippen LogP contribution in [0, 0.1) is 0 Å². The molecule has 4 nitrogen and oxygen atoms in total. The molecule has 0 saturated heterocycles. The van der Waals surface area contributed by atoms with Crippen molar-refractivity contribution in [2.45, 2.75) is 0 Å². The van der Waals surface area contributed by atoms with Gasteiger partial charge >= 0.3 is 11.6 Å². The van der Waals surface area contributed by atoms with E-state index in [1.54, 1.807) is 18.2 Å². The molecule has 0 spiro atoms. The first-order valence-electron chi connectivity index (χ1n) is 5.44. The van der Waals surface area contributed by atoms with Crippen molar-refractivity contribution in [2.75, 3.05) is 0 Å². The molecular formula is C14H6O4. The lowest BCUT2D eigenvalue weighted by Crippen LogP contribution is -2.00. The Bertz CT molecular complexity index is 889. The largest absolute Gasteiger partial charge is 0.431 e. The second-order valence-corrected chi connectivity index (χ2v) is 4.19. The van der Waals surface area contributed by atoms with Crippen LogP contribution in [0.4, 0.5) is 0 Å². The zero-order valence-electron chi connectivity index (χ0n) is 9.10. The van der Waals surface area contributed by atoms with E-state index >= 15 is 0 Å². The van der Waals surface area contributed by atoms with E-state index in [1.807, 2.05) is 6.07 Å². The third kappa shape index (κ3) is 1.04. The molecule has 1 aliphatic heterocycles. The van der Waals surface area contributed by atoms with Crippen molar-refractivity contribution < 1.29 is 13.9 Å². The smallest absolute Gasteiger partial charge is 0.344 e. The summed E-state index contributed by atoms with van der Waals surface area (Å²) in [4.78, 5) is 23.0. The van der Waals surface area contributed by atoms with Crippen LogP contribution >= 0.6 is 0 Å². The zero-order chi connectivity index (χ0) is 12.3. The fourth-order valence-electron chi connectivity index (χ4n) is 2.43. The normalized spacial score (nSPS) is 13.2. The third-order valence-corrected chi connectivity index (χ3v) is 3.19. The summed E-state index contributed by atoms with van der Waals surface area (Å²) in [5, 5.41) is 3.11. The summed E-state index contributed by atoms with van der Waals surface area (Å²) in [7, 11) is 0. The Morgan fingerprint density at radius 2 is 1.89 bits per heavy atom. The van der Waals surface area contributed by atoms with Crippen molar-refractivity contribution in [3.8, 4) is 5.75 Å². The van der Waals surface area contributed by atoms with Gasteiger partial charge in [-0.1, -0.05) is 12.1 Å². The molecule has 1 aliphatic rings. The lowest BCUT2D eigenvalue weighted by atomic mass is 10.0. The van der Waals surface area contributed by atoms with Crippen molar-refractivity contribution in [3.63, 3.8) is 0 Å². The molecular weight excluding hydrogens is 232 g/mol. The molecule has 0 fully saturated rings. The van der Waals surface area contributed by atoms with Gasteiger partial charge in [0.25, 0.3) is 0 Å². The number of hydrogen-bond acceptors (Lipinski definition) is 4. The minimum absolute atomic E-state index is 0.356. The van der Waals surface area contributed by atoms with Crippen LogP contribution in [-0.4, -0.2) is 5.97 Å². The van der Waals surface area contributed by atoms with E-state index in [0.29, 0.717) is 11.3 Å². The lowest BCUT2D eigenvalue weighted by Gasteiger charge is -2.03. The first kappa shape index (κ1) is 9.41. The second kappa shape index (κ2) is 2.98. The molecule has 0 saturated carbocycles. The molecule has 4 heteroatoms. The maximum Gasteiger partial charge on any atom is 0.344 e. The molecule has 86 valence electrons. The Hall–Kier alpha value is -2.62. The Kier molecular flexibility index (Phi) is 1.56. The van der Waals surface area contributed by atoms with Crippen LogP contribution < -0.4 is 10.4 Å². The molecule has 0 aliphatic carbocycles. The highest BCUT2D eigenvalue weighted by molar-refractivity contribution is 6.20. The van der Waals surface area contributed by atoms with Crippen molar-refractivity contribution in [1.29, 1.82) is 0 Å². The van der Waals surface area contributed by atoms with Gasteiger partial charge in [-0.25, -0.2) is 9.59 Å². The Labute approximate surface area is 100 Å². The van der Waals surface area contributed by atoms with Gasteiger partial charge < -0.3 is 9.15 Å². The van der Waals surface area contributed by atoms with E-state index in [1.165, 1.54) is 12.3 Å². The molecule has 2 heterocycles. The first-order valence-corrected chi connectivity index (χ1v) is 5.44. The minimum atomic E-state index is -0.409. The molecule has 2 aromatic carbocycles. The maximum atomic E-state index is 11.7. The van der Waals surface area contributed by atoms with E-state index in [2.05, 4.69) is 0 Å². The zero-order valence-corrected chi connectivity index (χ0v) is 9.10. The number of carbonyl (C=O) groups is 1. The van der Waals surface area contributed by atoms with Gasteiger partial charge in [0.2, 0.25) is 0 Å². The first-order chi connectivity index (χ1) is 8.74. The van der Waals surface area contributed by atoms with Crippen molar-refractivity contribution in [1.82, 2.24) is 0 Å². The van der Waals surface area contributed by atoms with Gasteiger partial charge in [-0.05, 0) is 17.5 Å². The van der Waals surface area contributed by atoms with Crippen molar-refractivity contribution in [3.05, 3.63) is 52.6 Å². The van der Waals surface area contributed by atoms with Crippen LogP contribution in [0.5, 0.6) is 5.75 Å². The number of fused-ring (bicyclic) bond motifs is 2. The molecule has 0 N–H and O–H groups in total. The van der Waals surface area contributed by atoms with E-state index in [0.717, 1.165) is 21.5 Å². The number of benzene rings is 2. The summed E-state index contributed by atoms with van der Waals surface area (Å²) >= 11 is 0. The van der Waals surface area contributed by atoms with E-state index < -0.39 is 5.63 Å². The Morgan fingerprint density at radius 1 is 1.00 bits per heavy atom. The van der Waals surface area contributed by atoms with Gasteiger partial charge in [-0.3, -0.25) is 0 Å². The summed E-state index contributed by atoms with van der Waals surface area (Å²) < 4.78 is 10.0. The van der Waals surface area contributed by atoms with Crippen molar-refractivity contribution >= 4 is 27.5 Å². The van der Waals surface area contributed by atoms with Crippen LogP contribution in [-0.2, 0) is 0 Å². The maximum absolute atomic E-state index is 11.7. The van der Waals surface area contributed by atoms with Crippen molar-refractivity contribution in [2.24, 2.45) is 0 Å². The number of hydrogen-bond donors (Lipinski definition) is 0. The van der Waals surface area contributed by atoms with E-state index in [-0.39, 0.29) is 5.97 Å². The summed E-state index contributed by atoms with van der Waals surface area (Å²) in [6.07, 6.45) is 1.38. The average molecular weight is 238 g/mol. The monoisotopic (exact) mass is 238 g/mol. The average Bonchev–Trinajstić information content (AvgIpc) is 2.69. The van der Waals surface area contributed by atoms with Crippen LogP contribution in [0.3, 0.4) is 0 Å². The number of esters is 1. The van der Waals surface area contributed by atoms with Crippen LogP contribution in [0.1, 0.15) is 10.4 Å². The quantitative estimate of drug-likeness (QED) is 0.343.